The Balaban J connectivity index is 1.57. The minimum Gasteiger partial charge on any atom is -0.344 e. The van der Waals surface area contributed by atoms with Gasteiger partial charge in [0.1, 0.15) is 5.01 Å². The van der Waals surface area contributed by atoms with Crippen LogP contribution in [0.15, 0.2) is 34.8 Å². The van der Waals surface area contributed by atoms with Crippen LogP contribution in [-0.2, 0) is 10.3 Å². The zero-order valence-electron chi connectivity index (χ0n) is 13.2. The van der Waals surface area contributed by atoms with Crippen molar-refractivity contribution in [2.24, 2.45) is 0 Å². The summed E-state index contributed by atoms with van der Waals surface area (Å²) in [5.74, 6) is 0.860. The summed E-state index contributed by atoms with van der Waals surface area (Å²) in [7, 11) is 0. The maximum Gasteiger partial charge on any atom is 0.221 e. The highest BCUT2D eigenvalue weighted by Gasteiger charge is 2.39. The van der Waals surface area contributed by atoms with Gasteiger partial charge in [-0.15, -0.1) is 23.1 Å². The maximum absolute atomic E-state index is 12.4. The van der Waals surface area contributed by atoms with E-state index in [0.29, 0.717) is 6.42 Å². The first-order chi connectivity index (χ1) is 11.2. The summed E-state index contributed by atoms with van der Waals surface area (Å²) < 4.78 is 0. The van der Waals surface area contributed by atoms with Gasteiger partial charge in [0.15, 0.2) is 0 Å². The SMILES string of the molecule is Cc1csc(C2(NC(=O)CCSc3ccccn3)CCCC2)n1. The third-order valence-corrected chi connectivity index (χ3v) is 6.19. The molecule has 1 fully saturated rings. The highest BCUT2D eigenvalue weighted by molar-refractivity contribution is 7.99. The van der Waals surface area contributed by atoms with Crippen LogP contribution in [0.5, 0.6) is 0 Å². The van der Waals surface area contributed by atoms with Crippen molar-refractivity contribution >= 4 is 29.0 Å². The molecule has 2 aromatic heterocycles. The number of thiazole rings is 1. The lowest BCUT2D eigenvalue weighted by atomic mass is 9.98. The van der Waals surface area contributed by atoms with Crippen LogP contribution in [-0.4, -0.2) is 21.6 Å². The number of hydrogen-bond acceptors (Lipinski definition) is 5. The van der Waals surface area contributed by atoms with E-state index in [1.807, 2.05) is 25.1 Å². The van der Waals surface area contributed by atoms with Gasteiger partial charge >= 0.3 is 0 Å². The molecule has 0 bridgehead atoms. The summed E-state index contributed by atoms with van der Waals surface area (Å²) in [5.41, 5.74) is 0.808. The van der Waals surface area contributed by atoms with E-state index in [4.69, 9.17) is 0 Å². The molecule has 0 atom stereocenters. The van der Waals surface area contributed by atoms with Crippen molar-refractivity contribution in [3.63, 3.8) is 0 Å². The number of amides is 1. The molecular formula is C17H21N3OS2. The summed E-state index contributed by atoms with van der Waals surface area (Å²) in [4.78, 5) is 21.3. The van der Waals surface area contributed by atoms with E-state index in [1.165, 1.54) is 0 Å². The smallest absolute Gasteiger partial charge is 0.221 e. The van der Waals surface area contributed by atoms with Crippen LogP contribution in [0.3, 0.4) is 0 Å². The fourth-order valence-corrected chi connectivity index (χ4v) is 4.77. The van der Waals surface area contributed by atoms with Gasteiger partial charge in [0.05, 0.1) is 10.6 Å². The van der Waals surface area contributed by atoms with E-state index in [9.17, 15) is 4.79 Å². The molecule has 0 spiro atoms. The predicted octanol–water partition coefficient (Wildman–Crippen LogP) is 3.91. The first-order valence-corrected chi connectivity index (χ1v) is 9.82. The average molecular weight is 348 g/mol. The molecule has 122 valence electrons. The van der Waals surface area contributed by atoms with Crippen LogP contribution >= 0.6 is 23.1 Å². The van der Waals surface area contributed by atoms with E-state index in [-0.39, 0.29) is 11.4 Å². The molecule has 1 aliphatic carbocycles. The highest BCUT2D eigenvalue weighted by atomic mass is 32.2. The number of rotatable bonds is 6. The number of hydrogen-bond donors (Lipinski definition) is 1. The molecule has 1 N–H and O–H groups in total. The number of carbonyl (C=O) groups is 1. The number of aromatic nitrogens is 2. The molecule has 0 unspecified atom stereocenters. The summed E-state index contributed by atoms with van der Waals surface area (Å²) in [5, 5.41) is 7.38. The Morgan fingerprint density at radius 2 is 2.22 bits per heavy atom. The molecule has 1 amide bonds. The van der Waals surface area contributed by atoms with Gasteiger partial charge in [-0.05, 0) is 31.9 Å². The second kappa shape index (κ2) is 7.45. The van der Waals surface area contributed by atoms with Gasteiger partial charge in [-0.1, -0.05) is 18.9 Å². The standard InChI is InChI=1S/C17H21N3OS2/c1-13-12-23-16(19-13)17(8-3-4-9-17)20-14(21)7-11-22-15-6-2-5-10-18-15/h2,5-6,10,12H,3-4,7-9,11H2,1H3,(H,20,21). The Labute approximate surface area is 145 Å². The second-order valence-corrected chi connectivity index (χ2v) is 7.87. The molecule has 3 rings (SSSR count). The fourth-order valence-electron chi connectivity index (χ4n) is 2.95. The summed E-state index contributed by atoms with van der Waals surface area (Å²) >= 11 is 3.29. The molecule has 1 saturated carbocycles. The van der Waals surface area contributed by atoms with Crippen molar-refractivity contribution in [1.29, 1.82) is 0 Å². The van der Waals surface area contributed by atoms with Gasteiger partial charge in [0, 0.05) is 29.4 Å². The van der Waals surface area contributed by atoms with Crippen LogP contribution in [0.1, 0.15) is 42.8 Å². The minimum absolute atomic E-state index is 0.114. The Kier molecular flexibility index (Phi) is 5.33. The number of nitrogens with zero attached hydrogens (tertiary/aromatic N) is 2. The van der Waals surface area contributed by atoms with E-state index in [0.717, 1.165) is 47.2 Å². The van der Waals surface area contributed by atoms with Crippen molar-refractivity contribution in [2.75, 3.05) is 5.75 Å². The van der Waals surface area contributed by atoms with Gasteiger partial charge in [0.25, 0.3) is 0 Å². The van der Waals surface area contributed by atoms with Crippen molar-refractivity contribution in [2.45, 2.75) is 49.6 Å². The summed E-state index contributed by atoms with van der Waals surface area (Å²) in [6.07, 6.45) is 6.59. The lowest BCUT2D eigenvalue weighted by Crippen LogP contribution is -2.43. The zero-order chi connectivity index (χ0) is 16.1. The molecule has 0 saturated heterocycles. The highest BCUT2D eigenvalue weighted by Crippen LogP contribution is 2.40. The van der Waals surface area contributed by atoms with E-state index in [2.05, 4.69) is 20.7 Å². The number of aryl methyl sites for hydroxylation is 1. The number of carbonyl (C=O) groups excluding carboxylic acids is 1. The molecule has 4 nitrogen and oxygen atoms in total. The summed E-state index contributed by atoms with van der Waals surface area (Å²) in [6, 6.07) is 5.84. The molecule has 1 aliphatic rings. The van der Waals surface area contributed by atoms with Gasteiger partial charge in [-0.25, -0.2) is 9.97 Å². The number of nitrogens with one attached hydrogen (secondary N) is 1. The van der Waals surface area contributed by atoms with E-state index >= 15 is 0 Å². The second-order valence-electron chi connectivity index (χ2n) is 5.90. The van der Waals surface area contributed by atoms with Crippen LogP contribution < -0.4 is 5.32 Å². The normalized spacial score (nSPS) is 16.4. The Hall–Kier alpha value is -1.40. The first-order valence-electron chi connectivity index (χ1n) is 7.95. The Morgan fingerprint density at radius 3 is 2.87 bits per heavy atom. The van der Waals surface area contributed by atoms with Crippen molar-refractivity contribution in [3.05, 3.63) is 40.5 Å². The molecule has 23 heavy (non-hydrogen) atoms. The van der Waals surface area contributed by atoms with Crippen LogP contribution in [0.4, 0.5) is 0 Å². The molecule has 0 aromatic carbocycles. The molecule has 2 aromatic rings. The molecule has 0 aliphatic heterocycles. The first kappa shape index (κ1) is 16.5. The molecular weight excluding hydrogens is 326 g/mol. The van der Waals surface area contributed by atoms with Gasteiger partial charge in [-0.3, -0.25) is 4.79 Å². The van der Waals surface area contributed by atoms with Crippen molar-refractivity contribution in [1.82, 2.24) is 15.3 Å². The van der Waals surface area contributed by atoms with Crippen molar-refractivity contribution in [3.8, 4) is 0 Å². The van der Waals surface area contributed by atoms with Crippen LogP contribution in [0.25, 0.3) is 0 Å². The zero-order valence-corrected chi connectivity index (χ0v) is 14.9. The maximum atomic E-state index is 12.4. The Morgan fingerprint density at radius 1 is 1.39 bits per heavy atom. The molecule has 0 radical (unpaired) electrons. The monoisotopic (exact) mass is 347 g/mol. The topological polar surface area (TPSA) is 54.9 Å². The quantitative estimate of drug-likeness (QED) is 0.805. The lowest BCUT2D eigenvalue weighted by Gasteiger charge is -2.28. The largest absolute Gasteiger partial charge is 0.344 e. The van der Waals surface area contributed by atoms with Gasteiger partial charge < -0.3 is 5.32 Å². The van der Waals surface area contributed by atoms with Gasteiger partial charge in [0.2, 0.25) is 5.91 Å². The van der Waals surface area contributed by atoms with Crippen LogP contribution in [0, 0.1) is 6.92 Å². The molecule has 2 heterocycles. The predicted molar refractivity (Wildman–Crippen MR) is 94.7 cm³/mol. The lowest BCUT2D eigenvalue weighted by molar-refractivity contribution is -0.122. The third kappa shape index (κ3) is 4.12. The van der Waals surface area contributed by atoms with Crippen molar-refractivity contribution < 1.29 is 4.79 Å². The third-order valence-electron chi connectivity index (χ3n) is 4.08. The van der Waals surface area contributed by atoms with E-state index < -0.39 is 0 Å². The van der Waals surface area contributed by atoms with Crippen LogP contribution in [0.2, 0.25) is 0 Å². The van der Waals surface area contributed by atoms with Gasteiger partial charge in [-0.2, -0.15) is 0 Å². The summed E-state index contributed by atoms with van der Waals surface area (Å²) in [6.45, 7) is 2.01. The van der Waals surface area contributed by atoms with E-state index in [1.54, 1.807) is 29.3 Å². The number of thioether (sulfide) groups is 1. The molecule has 6 heteroatoms. The fraction of sp³-hybridized carbons (Fsp3) is 0.471. The Bertz CT molecular complexity index is 651. The minimum atomic E-state index is -0.230. The number of pyridine rings is 1. The average Bonchev–Trinajstić information content (AvgIpc) is 3.18.